The van der Waals surface area contributed by atoms with Crippen LogP contribution in [0.25, 0.3) is 11.1 Å². The van der Waals surface area contributed by atoms with Gasteiger partial charge in [0.2, 0.25) is 0 Å². The van der Waals surface area contributed by atoms with E-state index in [2.05, 4.69) is 98.7 Å². The Morgan fingerprint density at radius 3 is 1.62 bits per heavy atom. The Balaban J connectivity index is 1.88. The van der Waals surface area contributed by atoms with E-state index in [1.54, 1.807) is 0 Å². The van der Waals surface area contributed by atoms with Crippen LogP contribution in [0.5, 0.6) is 0 Å². The molecule has 2 rings (SSSR count). The molecule has 2 aromatic carbocycles. The molecule has 2 heteroatoms. The number of rotatable bonds is 33. The maximum atomic E-state index is 9.73. The summed E-state index contributed by atoms with van der Waals surface area (Å²) in [6.45, 7) is 9.05. The van der Waals surface area contributed by atoms with Gasteiger partial charge in [-0.25, -0.2) is 0 Å². The lowest BCUT2D eigenvalue weighted by Crippen LogP contribution is -2.04. The van der Waals surface area contributed by atoms with E-state index in [-0.39, 0.29) is 0 Å². The van der Waals surface area contributed by atoms with Crippen molar-refractivity contribution >= 4 is 11.4 Å². The number of aryl methyl sites for hydroxylation is 2. The van der Waals surface area contributed by atoms with Crippen LogP contribution in [-0.4, -0.2) is 10.7 Å². The van der Waals surface area contributed by atoms with Crippen LogP contribution in [-0.2, 0) is 12.8 Å². The Kier molecular flexibility index (Phi) is 29.9. The van der Waals surface area contributed by atoms with Gasteiger partial charge in [0.05, 0.1) is 5.57 Å². The first-order valence-electron chi connectivity index (χ1n) is 23.5. The second-order valence-electron chi connectivity index (χ2n) is 16.2. The van der Waals surface area contributed by atoms with Crippen molar-refractivity contribution < 1.29 is 4.79 Å². The first kappa shape index (κ1) is 48.0. The van der Waals surface area contributed by atoms with Gasteiger partial charge >= 0.3 is 5.87 Å². The number of allylic oxidation sites excluding steroid dienone is 2. The molecular weight excluding hydrogens is 665 g/mol. The molecule has 0 fully saturated rings. The zero-order chi connectivity index (χ0) is 39.4. The molecule has 0 aromatic heterocycles. The summed E-state index contributed by atoms with van der Waals surface area (Å²) in [5.41, 5.74) is 18.7. The van der Waals surface area contributed by atoms with E-state index < -0.39 is 0 Å². The molecule has 0 spiro atoms. The highest BCUT2D eigenvalue weighted by Crippen LogP contribution is 2.37. The minimum atomic E-state index is 0.871. The van der Waals surface area contributed by atoms with E-state index in [0.717, 1.165) is 76.2 Å². The summed E-state index contributed by atoms with van der Waals surface area (Å²) in [5.74, 6) is 10.1. The van der Waals surface area contributed by atoms with Gasteiger partial charge in [-0.3, -0.25) is 0 Å². The second kappa shape index (κ2) is 34.2. The molecule has 0 unspecified atom stereocenters. The number of unbranched alkanes of at least 4 members (excludes halogenated alkanes) is 22. The van der Waals surface area contributed by atoms with Crippen molar-refractivity contribution in [2.75, 3.05) is 0 Å². The average molecular weight is 747 g/mol. The molecule has 0 aliphatic carbocycles. The lowest BCUT2D eigenvalue weighted by Gasteiger charge is -2.20. The van der Waals surface area contributed by atoms with E-state index in [9.17, 15) is 5.53 Å². The Morgan fingerprint density at radius 1 is 0.509 bits per heavy atom. The smallest absolute Gasteiger partial charge is 0.303 e. The molecule has 0 atom stereocenters. The van der Waals surface area contributed by atoms with Crippen molar-refractivity contribution in [1.82, 2.24) is 0 Å². The summed E-state index contributed by atoms with van der Waals surface area (Å²) in [7, 11) is 0. The summed E-state index contributed by atoms with van der Waals surface area (Å²) in [6.07, 6.45) is 39.2. The van der Waals surface area contributed by atoms with Crippen LogP contribution in [0.2, 0.25) is 0 Å². The summed E-state index contributed by atoms with van der Waals surface area (Å²) in [5, 5.41) is 0. The van der Waals surface area contributed by atoms with Crippen LogP contribution in [0.1, 0.15) is 236 Å². The van der Waals surface area contributed by atoms with Crippen molar-refractivity contribution in [3.05, 3.63) is 87.5 Å². The van der Waals surface area contributed by atoms with Crippen LogP contribution in [0, 0.1) is 11.8 Å². The Bertz CT molecular complexity index is 1440. The summed E-state index contributed by atoms with van der Waals surface area (Å²) in [4.78, 5) is 3.47. The summed E-state index contributed by atoms with van der Waals surface area (Å²) >= 11 is 0. The lowest BCUT2D eigenvalue weighted by atomic mass is 9.82. The highest BCUT2D eigenvalue weighted by atomic mass is 14.8. The van der Waals surface area contributed by atoms with Gasteiger partial charge in [0.25, 0.3) is 0 Å². The fourth-order valence-electron chi connectivity index (χ4n) is 7.87. The van der Waals surface area contributed by atoms with Crippen molar-refractivity contribution in [3.63, 3.8) is 0 Å². The first-order chi connectivity index (χ1) is 27.2. The zero-order valence-electron chi connectivity index (χ0n) is 36.4. The fourth-order valence-corrected chi connectivity index (χ4v) is 7.87. The zero-order valence-corrected chi connectivity index (χ0v) is 36.4. The standard InChI is InChI=1S/C53H82N2/c1-5-9-13-14-15-16-17-18-19-20-21-22-23-24-25-26-27-28-29-30-31-32-33-40-48-41-34-35-44-51(48)53(49-42-36-38-47(45-49)37-10-6-2)52(43-12-8-4)50(46-55-54)39-11-7-3/h34-36,38,41-42,44-45H,5-29,32-33,37,39-40,43H2,1-4H3. The molecule has 2 aromatic rings. The van der Waals surface area contributed by atoms with Crippen molar-refractivity contribution in [2.45, 2.75) is 227 Å². The van der Waals surface area contributed by atoms with E-state index in [1.807, 2.05) is 0 Å². The Morgan fingerprint density at radius 2 is 1.04 bits per heavy atom. The number of nitrogens with zero attached hydrogens (tertiary/aromatic N) is 2. The van der Waals surface area contributed by atoms with E-state index >= 15 is 0 Å². The minimum Gasteiger partial charge on any atom is -0.348 e. The van der Waals surface area contributed by atoms with E-state index in [0.29, 0.717) is 0 Å². The predicted molar refractivity (Wildman–Crippen MR) is 243 cm³/mol. The number of benzene rings is 2. The van der Waals surface area contributed by atoms with Crippen molar-refractivity contribution in [1.29, 1.82) is 0 Å². The highest BCUT2D eigenvalue weighted by molar-refractivity contribution is 5.88. The van der Waals surface area contributed by atoms with Gasteiger partial charge in [-0.1, -0.05) is 205 Å². The summed E-state index contributed by atoms with van der Waals surface area (Å²) < 4.78 is 0. The molecule has 0 amide bonds. The molecule has 0 saturated carbocycles. The molecule has 0 aliphatic heterocycles. The van der Waals surface area contributed by atoms with Crippen LogP contribution < -0.4 is 0 Å². The van der Waals surface area contributed by atoms with Gasteiger partial charge in [0, 0.05) is 12.8 Å². The van der Waals surface area contributed by atoms with Gasteiger partial charge in [0.15, 0.2) is 0 Å². The molecule has 0 bridgehead atoms. The SMILES string of the molecule is CCCCCCCCCCCCCCCCCCCCC#CCCCc1ccccc1C(=C(CCCC)C(=C=[N+]=[N-])CCCC)c1cccc(CCCC)c1. The quantitative estimate of drug-likeness (QED) is 0.0174. The van der Waals surface area contributed by atoms with Crippen molar-refractivity contribution in [2.24, 2.45) is 0 Å². The van der Waals surface area contributed by atoms with E-state index in [1.165, 1.54) is 162 Å². The fraction of sp³-hybridized carbons (Fsp3) is 0.660. The van der Waals surface area contributed by atoms with Gasteiger partial charge < -0.3 is 5.53 Å². The van der Waals surface area contributed by atoms with Crippen LogP contribution in [0.4, 0.5) is 0 Å². The molecular formula is C53H82N2. The molecule has 0 radical (unpaired) electrons. The van der Waals surface area contributed by atoms with E-state index in [4.69, 9.17) is 0 Å². The number of hydrogen-bond acceptors (Lipinski definition) is 0. The monoisotopic (exact) mass is 747 g/mol. The van der Waals surface area contributed by atoms with Gasteiger partial charge in [-0.2, -0.15) is 0 Å². The highest BCUT2D eigenvalue weighted by Gasteiger charge is 2.20. The second-order valence-corrected chi connectivity index (χ2v) is 16.2. The molecule has 304 valence electrons. The minimum absolute atomic E-state index is 0.871. The van der Waals surface area contributed by atoms with Crippen molar-refractivity contribution in [3.8, 4) is 11.8 Å². The third-order valence-electron chi connectivity index (χ3n) is 11.3. The Hall–Kier alpha value is -3.10. The predicted octanol–water partition coefficient (Wildman–Crippen LogP) is 16.8. The van der Waals surface area contributed by atoms with Gasteiger partial charge in [0.1, 0.15) is 0 Å². The maximum absolute atomic E-state index is 9.73. The first-order valence-corrected chi connectivity index (χ1v) is 23.5. The van der Waals surface area contributed by atoms with Crippen LogP contribution in [0.15, 0.2) is 59.7 Å². The lowest BCUT2D eigenvalue weighted by molar-refractivity contribution is 0.00739. The molecule has 0 aliphatic rings. The van der Waals surface area contributed by atoms with Gasteiger partial charge in [-0.15, -0.1) is 16.6 Å². The third-order valence-corrected chi connectivity index (χ3v) is 11.3. The molecule has 0 N–H and O–H groups in total. The largest absolute Gasteiger partial charge is 0.348 e. The summed E-state index contributed by atoms with van der Waals surface area (Å²) in [6, 6.07) is 18.2. The molecule has 55 heavy (non-hydrogen) atoms. The third kappa shape index (κ3) is 22.3. The van der Waals surface area contributed by atoms with Crippen LogP contribution in [0.3, 0.4) is 0 Å². The Labute approximate surface area is 341 Å². The molecule has 0 heterocycles. The van der Waals surface area contributed by atoms with Gasteiger partial charge in [-0.05, 0) is 91.2 Å². The maximum Gasteiger partial charge on any atom is 0.303 e. The molecule has 0 saturated heterocycles. The van der Waals surface area contributed by atoms with Crippen LogP contribution >= 0.6 is 0 Å². The average Bonchev–Trinajstić information content (AvgIpc) is 3.21. The number of hydrogen-bond donors (Lipinski definition) is 0. The normalized spacial score (nSPS) is 11.4. The topological polar surface area (TPSA) is 36.4 Å². The molecule has 2 nitrogen and oxygen atoms in total.